The molecule has 2 N–H and O–H groups in total. The fourth-order valence-electron chi connectivity index (χ4n) is 4.50. The molecule has 0 fully saturated rings. The zero-order valence-electron chi connectivity index (χ0n) is 20.9. The molecule has 0 bridgehead atoms. The Morgan fingerprint density at radius 2 is 1.97 bits per heavy atom. The number of hydrogen-bond acceptors (Lipinski definition) is 7. The van der Waals surface area contributed by atoms with Crippen LogP contribution >= 0.6 is 0 Å². The third-order valence-electron chi connectivity index (χ3n) is 6.44. The summed E-state index contributed by atoms with van der Waals surface area (Å²) in [6.45, 7) is 4.36. The number of esters is 1. The zero-order chi connectivity index (χ0) is 26.8. The number of hydrogen-bond donors (Lipinski definition) is 1. The molecule has 3 aromatic carbocycles. The van der Waals surface area contributed by atoms with Gasteiger partial charge < -0.3 is 24.4 Å². The number of fused-ring (bicyclic) bond motifs is 2. The smallest absolute Gasteiger partial charge is 0.379 e. The van der Waals surface area contributed by atoms with Crippen molar-refractivity contribution in [2.75, 3.05) is 6.61 Å². The van der Waals surface area contributed by atoms with E-state index in [4.69, 9.17) is 24.4 Å². The van der Waals surface area contributed by atoms with Crippen molar-refractivity contribution in [3.8, 4) is 23.3 Å². The fourth-order valence-corrected chi connectivity index (χ4v) is 4.50. The molecule has 192 valence electrons. The number of nitriles is 1. The Morgan fingerprint density at radius 3 is 2.76 bits per heavy atom. The number of rotatable bonds is 7. The van der Waals surface area contributed by atoms with E-state index in [0.29, 0.717) is 40.2 Å². The summed E-state index contributed by atoms with van der Waals surface area (Å²) in [5, 5.41) is 10.4. The first-order valence-corrected chi connectivity index (χ1v) is 12.2. The van der Waals surface area contributed by atoms with Gasteiger partial charge >= 0.3 is 5.97 Å². The van der Waals surface area contributed by atoms with Crippen molar-refractivity contribution in [2.45, 2.75) is 32.6 Å². The second kappa shape index (κ2) is 10.3. The van der Waals surface area contributed by atoms with Crippen molar-refractivity contribution in [2.24, 2.45) is 5.73 Å². The van der Waals surface area contributed by atoms with Gasteiger partial charge in [0.1, 0.15) is 40.3 Å². The zero-order valence-corrected chi connectivity index (χ0v) is 20.9. The van der Waals surface area contributed by atoms with E-state index in [1.807, 2.05) is 24.3 Å². The summed E-state index contributed by atoms with van der Waals surface area (Å²) in [6.07, 6.45) is 1.96. The molecule has 7 nitrogen and oxygen atoms in total. The molecular formula is C30H25FN2O5. The Balaban J connectivity index is 1.45. The molecular weight excluding hydrogens is 487 g/mol. The van der Waals surface area contributed by atoms with Crippen LogP contribution in [0, 0.1) is 24.1 Å². The molecule has 1 aliphatic rings. The second-order valence-corrected chi connectivity index (χ2v) is 8.99. The van der Waals surface area contributed by atoms with E-state index in [-0.39, 0.29) is 23.0 Å². The number of carbonyl (C=O) groups is 1. The lowest BCUT2D eigenvalue weighted by Gasteiger charge is -2.27. The van der Waals surface area contributed by atoms with Crippen LogP contribution in [-0.2, 0) is 0 Å². The molecule has 1 unspecified atom stereocenters. The van der Waals surface area contributed by atoms with Crippen molar-refractivity contribution < 1.29 is 27.8 Å². The summed E-state index contributed by atoms with van der Waals surface area (Å²) in [5.41, 5.74) is 8.78. The minimum Gasteiger partial charge on any atom is -0.494 e. The van der Waals surface area contributed by atoms with E-state index in [1.54, 1.807) is 25.1 Å². The van der Waals surface area contributed by atoms with Crippen LogP contribution in [0.15, 0.2) is 76.5 Å². The van der Waals surface area contributed by atoms with E-state index in [1.165, 1.54) is 18.2 Å². The molecule has 8 heteroatoms. The quantitative estimate of drug-likeness (QED) is 0.171. The molecule has 1 aromatic heterocycles. The van der Waals surface area contributed by atoms with E-state index in [2.05, 4.69) is 13.0 Å². The van der Waals surface area contributed by atoms with Gasteiger partial charge in [0.15, 0.2) is 0 Å². The number of allylic oxidation sites excluding steroid dienone is 1. The number of benzene rings is 3. The largest absolute Gasteiger partial charge is 0.494 e. The van der Waals surface area contributed by atoms with Gasteiger partial charge in [-0.25, -0.2) is 9.18 Å². The predicted octanol–water partition coefficient (Wildman–Crippen LogP) is 6.50. The molecule has 4 aromatic rings. The summed E-state index contributed by atoms with van der Waals surface area (Å²) >= 11 is 0. The second-order valence-electron chi connectivity index (χ2n) is 8.99. The standard InChI is InChI=1S/C30H25FN2O5/c1-3-4-12-35-20-7-5-6-18(13-20)27-22-10-9-21(15-26(22)38-29(33)24(27)16-32)36-30(34)28-17(2)23-14-19(31)8-11-25(23)37-28/h5-11,13-15,27H,3-4,12,33H2,1-2H3. The van der Waals surface area contributed by atoms with Gasteiger partial charge in [-0.05, 0) is 55.3 Å². The monoisotopic (exact) mass is 512 g/mol. The third kappa shape index (κ3) is 4.66. The van der Waals surface area contributed by atoms with Gasteiger partial charge in [0.25, 0.3) is 0 Å². The summed E-state index contributed by atoms with van der Waals surface area (Å²) < 4.78 is 36.4. The number of nitrogens with two attached hydrogens (primary N) is 1. The maximum Gasteiger partial charge on any atom is 0.379 e. The number of halogens is 1. The van der Waals surface area contributed by atoms with Gasteiger partial charge in [0.05, 0.1) is 12.5 Å². The first-order chi connectivity index (χ1) is 18.4. The van der Waals surface area contributed by atoms with Crippen molar-refractivity contribution >= 4 is 16.9 Å². The topological polar surface area (TPSA) is 108 Å². The van der Waals surface area contributed by atoms with Gasteiger partial charge in [0.2, 0.25) is 11.6 Å². The lowest BCUT2D eigenvalue weighted by atomic mass is 9.83. The Labute approximate surface area is 218 Å². The van der Waals surface area contributed by atoms with Crippen LogP contribution in [0.2, 0.25) is 0 Å². The van der Waals surface area contributed by atoms with Crippen LogP contribution in [0.1, 0.15) is 52.9 Å². The Bertz CT molecular complexity index is 1610. The lowest BCUT2D eigenvalue weighted by molar-refractivity contribution is 0.0702. The van der Waals surface area contributed by atoms with Crippen LogP contribution < -0.4 is 19.9 Å². The van der Waals surface area contributed by atoms with Crippen molar-refractivity contribution in [3.05, 3.63) is 100 Å². The molecule has 38 heavy (non-hydrogen) atoms. The highest BCUT2D eigenvalue weighted by Gasteiger charge is 2.31. The van der Waals surface area contributed by atoms with Gasteiger partial charge in [-0.15, -0.1) is 0 Å². The molecule has 0 radical (unpaired) electrons. The lowest BCUT2D eigenvalue weighted by Crippen LogP contribution is -2.21. The van der Waals surface area contributed by atoms with Gasteiger partial charge in [-0.3, -0.25) is 0 Å². The van der Waals surface area contributed by atoms with Crippen molar-refractivity contribution in [1.29, 1.82) is 5.26 Å². The summed E-state index contributed by atoms with van der Waals surface area (Å²) in [4.78, 5) is 12.9. The highest BCUT2D eigenvalue weighted by atomic mass is 19.1. The maximum atomic E-state index is 13.7. The van der Waals surface area contributed by atoms with Crippen LogP contribution in [0.5, 0.6) is 17.2 Å². The number of ether oxygens (including phenoxy) is 3. The first kappa shape index (κ1) is 24.9. The summed E-state index contributed by atoms with van der Waals surface area (Å²) in [6, 6.07) is 18.6. The number of nitrogens with zero attached hydrogens (tertiary/aromatic N) is 1. The van der Waals surface area contributed by atoms with Crippen LogP contribution in [0.4, 0.5) is 4.39 Å². The molecule has 1 atom stereocenters. The minimum atomic E-state index is -0.732. The minimum absolute atomic E-state index is 0.0202. The highest BCUT2D eigenvalue weighted by molar-refractivity contribution is 5.96. The van der Waals surface area contributed by atoms with E-state index in [9.17, 15) is 14.4 Å². The van der Waals surface area contributed by atoms with E-state index < -0.39 is 17.7 Å². The van der Waals surface area contributed by atoms with Gasteiger partial charge in [0, 0.05) is 22.6 Å². The Hall–Kier alpha value is -4.77. The van der Waals surface area contributed by atoms with Gasteiger partial charge in [-0.1, -0.05) is 31.5 Å². The number of aryl methyl sites for hydroxylation is 1. The molecule has 1 aliphatic heterocycles. The molecule has 0 amide bonds. The Morgan fingerprint density at radius 1 is 1.13 bits per heavy atom. The number of unbranched alkanes of at least 4 members (excludes halogenated alkanes) is 1. The van der Waals surface area contributed by atoms with E-state index in [0.717, 1.165) is 18.4 Å². The predicted molar refractivity (Wildman–Crippen MR) is 138 cm³/mol. The molecule has 5 rings (SSSR count). The molecule has 0 spiro atoms. The SMILES string of the molecule is CCCCOc1cccc(C2C(C#N)=C(N)Oc3cc(OC(=O)c4oc5ccc(F)cc5c4C)ccc32)c1. The van der Waals surface area contributed by atoms with Crippen LogP contribution in [0.25, 0.3) is 11.0 Å². The van der Waals surface area contributed by atoms with Crippen molar-refractivity contribution in [1.82, 2.24) is 0 Å². The molecule has 0 saturated heterocycles. The number of furan rings is 1. The molecule has 0 aliphatic carbocycles. The highest BCUT2D eigenvalue weighted by Crippen LogP contribution is 2.44. The summed E-state index contributed by atoms with van der Waals surface area (Å²) in [5.74, 6) is -0.440. The summed E-state index contributed by atoms with van der Waals surface area (Å²) in [7, 11) is 0. The van der Waals surface area contributed by atoms with Crippen molar-refractivity contribution in [3.63, 3.8) is 0 Å². The van der Waals surface area contributed by atoms with E-state index >= 15 is 0 Å². The average Bonchev–Trinajstić information content (AvgIpc) is 3.23. The Kier molecular flexibility index (Phi) is 6.75. The fraction of sp³-hybridized carbons (Fsp3) is 0.200. The first-order valence-electron chi connectivity index (χ1n) is 12.2. The van der Waals surface area contributed by atoms with Crippen LogP contribution in [-0.4, -0.2) is 12.6 Å². The maximum absolute atomic E-state index is 13.7. The number of carbonyl (C=O) groups excluding carboxylic acids is 1. The average molecular weight is 513 g/mol. The third-order valence-corrected chi connectivity index (χ3v) is 6.44. The van der Waals surface area contributed by atoms with Gasteiger partial charge in [-0.2, -0.15) is 5.26 Å². The molecule has 0 saturated carbocycles. The normalized spacial score (nSPS) is 14.5. The van der Waals surface area contributed by atoms with Crippen LogP contribution in [0.3, 0.4) is 0 Å². The molecule has 2 heterocycles.